The Kier molecular flexibility index (Phi) is 20.3. The van der Waals surface area contributed by atoms with Gasteiger partial charge < -0.3 is 27.2 Å². The lowest BCUT2D eigenvalue weighted by Gasteiger charge is -2.38. The molecule has 0 aromatic carbocycles. The van der Waals surface area contributed by atoms with Crippen LogP contribution in [0.3, 0.4) is 0 Å². The first-order valence-electron chi connectivity index (χ1n) is 15.2. The van der Waals surface area contributed by atoms with Gasteiger partial charge in [0.1, 0.15) is 6.23 Å². The fourth-order valence-corrected chi connectivity index (χ4v) is 4.58. The van der Waals surface area contributed by atoms with Crippen molar-refractivity contribution in [2.45, 2.75) is 136 Å². The van der Waals surface area contributed by atoms with Gasteiger partial charge in [0.15, 0.2) is 0 Å². The van der Waals surface area contributed by atoms with Crippen LogP contribution in [0.1, 0.15) is 118 Å². The Morgan fingerprint density at radius 3 is 1.85 bits per heavy atom. The highest BCUT2D eigenvalue weighted by atomic mass is 16.3. The molecule has 0 aliphatic rings. The molecule has 0 fully saturated rings. The van der Waals surface area contributed by atoms with Crippen molar-refractivity contribution in [2.24, 2.45) is 16.9 Å². The minimum Gasteiger partial charge on any atom is -0.376 e. The molecular weight excluding hydrogens is 506 g/mol. The van der Waals surface area contributed by atoms with Crippen LogP contribution in [0.5, 0.6) is 0 Å². The second kappa shape index (κ2) is 21.5. The number of primary amides is 1. The Balaban J connectivity index is 5.65. The van der Waals surface area contributed by atoms with Gasteiger partial charge in [0.2, 0.25) is 17.7 Å². The molecule has 0 aromatic rings. The van der Waals surface area contributed by atoms with Gasteiger partial charge in [0.25, 0.3) is 0 Å². The molecule has 0 radical (unpaired) electrons. The van der Waals surface area contributed by atoms with Crippen LogP contribution in [0.4, 0.5) is 0 Å². The molecule has 1 unspecified atom stereocenters. The molecule has 0 aliphatic carbocycles. The monoisotopic (exact) mass is 565 g/mol. The van der Waals surface area contributed by atoms with Gasteiger partial charge in [-0.3, -0.25) is 19.7 Å². The van der Waals surface area contributed by atoms with Gasteiger partial charge in [0.05, 0.1) is 18.1 Å². The van der Waals surface area contributed by atoms with Gasteiger partial charge in [0, 0.05) is 6.92 Å². The molecule has 0 aromatic heterocycles. The highest BCUT2D eigenvalue weighted by Gasteiger charge is 2.39. The van der Waals surface area contributed by atoms with E-state index < -0.39 is 29.6 Å². The third-order valence-electron chi connectivity index (χ3n) is 6.78. The fraction of sp³-hybridized carbons (Fsp3) is 0.774. The van der Waals surface area contributed by atoms with E-state index >= 15 is 0 Å². The Morgan fingerprint density at radius 2 is 1.40 bits per heavy atom. The van der Waals surface area contributed by atoms with E-state index in [0.717, 1.165) is 64.2 Å². The van der Waals surface area contributed by atoms with E-state index in [4.69, 9.17) is 11.5 Å². The SMILES string of the molecule is CCCC/C=C/CCC[C@](CCC/C=C\CCCCN)(NC(O)[C@H](CC(C)(C)C)NC(=O)CNC(C)=O)C(N)=O. The maximum absolute atomic E-state index is 13.0. The van der Waals surface area contributed by atoms with Gasteiger partial charge in [-0.1, -0.05) is 64.8 Å². The maximum atomic E-state index is 13.0. The lowest BCUT2D eigenvalue weighted by molar-refractivity contribution is -0.129. The number of rotatable bonds is 23. The first-order valence-corrected chi connectivity index (χ1v) is 15.2. The number of carbonyl (C=O) groups is 3. The number of nitrogens with one attached hydrogen (secondary N) is 3. The maximum Gasteiger partial charge on any atom is 0.239 e. The summed E-state index contributed by atoms with van der Waals surface area (Å²) in [7, 11) is 0. The van der Waals surface area contributed by atoms with Crippen molar-refractivity contribution in [1.82, 2.24) is 16.0 Å². The minimum atomic E-state index is -1.21. The molecule has 8 N–H and O–H groups in total. The number of carbonyl (C=O) groups excluding carboxylic acids is 3. The molecule has 0 saturated heterocycles. The van der Waals surface area contributed by atoms with E-state index in [1.165, 1.54) is 6.92 Å². The normalized spacial score (nSPS) is 15.2. The second-order valence-corrected chi connectivity index (χ2v) is 12.0. The van der Waals surface area contributed by atoms with Gasteiger partial charge in [-0.05, 0) is 82.6 Å². The second-order valence-electron chi connectivity index (χ2n) is 12.0. The highest BCUT2D eigenvalue weighted by Crippen LogP contribution is 2.26. The molecule has 9 heteroatoms. The predicted molar refractivity (Wildman–Crippen MR) is 164 cm³/mol. The minimum absolute atomic E-state index is 0.189. The summed E-state index contributed by atoms with van der Waals surface area (Å²) in [4.78, 5) is 36.8. The van der Waals surface area contributed by atoms with Crippen LogP contribution in [-0.4, -0.2) is 53.7 Å². The Hall–Kier alpha value is -2.23. The smallest absolute Gasteiger partial charge is 0.239 e. The number of aliphatic hydroxyl groups is 1. The lowest BCUT2D eigenvalue weighted by Crippen LogP contribution is -2.64. The first kappa shape index (κ1) is 37.8. The topological polar surface area (TPSA) is 160 Å². The summed E-state index contributed by atoms with van der Waals surface area (Å²) in [6.45, 7) is 10.0. The summed E-state index contributed by atoms with van der Waals surface area (Å²) in [6, 6.07) is -0.684. The molecular formula is C31H59N5O4. The van der Waals surface area contributed by atoms with Crippen LogP contribution in [0, 0.1) is 5.41 Å². The molecule has 0 heterocycles. The van der Waals surface area contributed by atoms with Crippen LogP contribution in [0.2, 0.25) is 0 Å². The third-order valence-corrected chi connectivity index (χ3v) is 6.78. The van der Waals surface area contributed by atoms with Crippen molar-refractivity contribution in [3.8, 4) is 0 Å². The van der Waals surface area contributed by atoms with E-state index in [1.807, 2.05) is 20.8 Å². The fourth-order valence-electron chi connectivity index (χ4n) is 4.58. The Bertz CT molecular complexity index is 778. The van der Waals surface area contributed by atoms with Crippen LogP contribution >= 0.6 is 0 Å². The average molecular weight is 566 g/mol. The van der Waals surface area contributed by atoms with E-state index in [2.05, 4.69) is 47.2 Å². The molecule has 232 valence electrons. The third kappa shape index (κ3) is 19.0. The summed E-state index contributed by atoms with van der Waals surface area (Å²) in [5, 5.41) is 19.8. The summed E-state index contributed by atoms with van der Waals surface area (Å²) in [5.74, 6) is -1.23. The quantitative estimate of drug-likeness (QED) is 0.0625. The Labute approximate surface area is 243 Å². The van der Waals surface area contributed by atoms with E-state index in [-0.39, 0.29) is 17.9 Å². The molecule has 40 heavy (non-hydrogen) atoms. The van der Waals surface area contributed by atoms with Crippen molar-refractivity contribution in [1.29, 1.82) is 0 Å². The van der Waals surface area contributed by atoms with Crippen molar-refractivity contribution >= 4 is 17.7 Å². The molecule has 0 aliphatic heterocycles. The number of allylic oxidation sites excluding steroid dienone is 4. The molecule has 0 saturated carbocycles. The van der Waals surface area contributed by atoms with Crippen LogP contribution in [-0.2, 0) is 14.4 Å². The molecule has 0 bridgehead atoms. The standard InChI is InChI=1S/C31H59N5O4/c1-6-7-8-9-11-14-17-20-31(29(33)40,21-18-15-12-10-13-16-19-22-32)36-28(39)26(23-30(3,4)5)35-27(38)24-34-25(2)37/h9-12,26,28,36,39H,6-8,13-24,32H2,1-5H3,(H2,33,40)(H,34,37)(H,35,38)/b11-9+,12-10-/t26-,28?,31+/m0/s1. The largest absolute Gasteiger partial charge is 0.376 e. The van der Waals surface area contributed by atoms with Gasteiger partial charge in [-0.2, -0.15) is 0 Å². The zero-order valence-electron chi connectivity index (χ0n) is 25.9. The van der Waals surface area contributed by atoms with E-state index in [9.17, 15) is 19.5 Å². The Morgan fingerprint density at radius 1 is 0.875 bits per heavy atom. The van der Waals surface area contributed by atoms with Crippen molar-refractivity contribution in [3.05, 3.63) is 24.3 Å². The number of unbranched alkanes of at least 4 members (excludes halogenated alkanes) is 6. The summed E-state index contributed by atoms with van der Waals surface area (Å²) in [5.41, 5.74) is 10.2. The zero-order valence-corrected chi connectivity index (χ0v) is 25.9. The molecule has 0 rings (SSSR count). The first-order chi connectivity index (χ1) is 18.9. The summed E-state index contributed by atoms with van der Waals surface area (Å²) >= 11 is 0. The summed E-state index contributed by atoms with van der Waals surface area (Å²) in [6.07, 6.45) is 18.2. The number of hydrogen-bond acceptors (Lipinski definition) is 6. The van der Waals surface area contributed by atoms with Gasteiger partial charge in [-0.15, -0.1) is 0 Å². The molecule has 3 atom stereocenters. The number of amides is 3. The average Bonchev–Trinajstić information content (AvgIpc) is 2.86. The van der Waals surface area contributed by atoms with Crippen molar-refractivity contribution in [3.63, 3.8) is 0 Å². The lowest BCUT2D eigenvalue weighted by atomic mass is 9.83. The van der Waals surface area contributed by atoms with Crippen LogP contribution < -0.4 is 27.4 Å². The van der Waals surface area contributed by atoms with Gasteiger partial charge in [-0.25, -0.2) is 0 Å². The molecule has 3 amide bonds. The molecule has 9 nitrogen and oxygen atoms in total. The van der Waals surface area contributed by atoms with Crippen LogP contribution in [0.25, 0.3) is 0 Å². The van der Waals surface area contributed by atoms with Crippen molar-refractivity contribution < 1.29 is 19.5 Å². The summed E-state index contributed by atoms with van der Waals surface area (Å²) < 4.78 is 0. The number of aliphatic hydroxyl groups excluding tert-OH is 1. The number of nitrogens with two attached hydrogens (primary N) is 2. The highest BCUT2D eigenvalue weighted by molar-refractivity contribution is 5.85. The molecule has 0 spiro atoms. The zero-order chi connectivity index (χ0) is 30.4. The van der Waals surface area contributed by atoms with E-state index in [1.54, 1.807) is 0 Å². The number of hydrogen-bond donors (Lipinski definition) is 6. The van der Waals surface area contributed by atoms with E-state index in [0.29, 0.717) is 25.8 Å². The van der Waals surface area contributed by atoms with Crippen molar-refractivity contribution in [2.75, 3.05) is 13.1 Å². The predicted octanol–water partition coefficient (Wildman–Crippen LogP) is 3.95. The van der Waals surface area contributed by atoms with Crippen LogP contribution in [0.15, 0.2) is 24.3 Å². The van der Waals surface area contributed by atoms with Gasteiger partial charge >= 0.3 is 0 Å².